The number of aliphatic hydroxyl groups excluding tert-OH is 1. The zero-order valence-electron chi connectivity index (χ0n) is 14.5. The van der Waals surface area contributed by atoms with Crippen LogP contribution in [0.3, 0.4) is 0 Å². The van der Waals surface area contributed by atoms with Crippen molar-refractivity contribution in [2.24, 2.45) is 0 Å². The van der Waals surface area contributed by atoms with Gasteiger partial charge < -0.3 is 14.6 Å². The summed E-state index contributed by atoms with van der Waals surface area (Å²) in [6, 6.07) is 12.4. The van der Waals surface area contributed by atoms with E-state index in [1.165, 1.54) is 11.4 Å². The monoisotopic (exact) mass is 326 g/mol. The average molecular weight is 326 g/mol. The fourth-order valence-electron chi connectivity index (χ4n) is 3.72. The van der Waals surface area contributed by atoms with E-state index in [0.717, 1.165) is 43.5 Å². The molecule has 0 aliphatic carbocycles. The molecule has 1 saturated heterocycles. The minimum Gasteiger partial charge on any atom is -0.396 e. The van der Waals surface area contributed by atoms with Crippen molar-refractivity contribution in [2.75, 3.05) is 13.2 Å². The van der Waals surface area contributed by atoms with Gasteiger partial charge in [0.2, 0.25) is 0 Å². The van der Waals surface area contributed by atoms with Crippen molar-refractivity contribution in [1.29, 1.82) is 0 Å². The number of aromatic nitrogens is 1. The Labute approximate surface area is 143 Å². The number of likely N-dealkylation sites (tertiary alicyclic amines) is 1. The van der Waals surface area contributed by atoms with Crippen molar-refractivity contribution in [3.63, 3.8) is 0 Å². The van der Waals surface area contributed by atoms with Crippen LogP contribution in [0.25, 0.3) is 5.69 Å². The minimum atomic E-state index is 0.114. The maximum Gasteiger partial charge on any atom is 0.254 e. The quantitative estimate of drug-likeness (QED) is 0.914. The molecule has 0 saturated carbocycles. The maximum absolute atomic E-state index is 12.8. The van der Waals surface area contributed by atoms with Gasteiger partial charge in [-0.25, -0.2) is 0 Å². The molecule has 0 spiro atoms. The highest BCUT2D eigenvalue weighted by atomic mass is 16.3. The first-order chi connectivity index (χ1) is 11.6. The van der Waals surface area contributed by atoms with E-state index in [1.807, 2.05) is 29.2 Å². The Hall–Kier alpha value is -2.07. The number of rotatable bonds is 5. The first-order valence-electron chi connectivity index (χ1n) is 8.79. The molecule has 128 valence electrons. The first-order valence-corrected chi connectivity index (χ1v) is 8.79. The molecule has 1 unspecified atom stereocenters. The van der Waals surface area contributed by atoms with Crippen LogP contribution in [-0.2, 0) is 0 Å². The standard InChI is InChI=1S/C20H26N2O2/c1-15-7-8-16(2)22(15)19-11-9-17(10-12-19)20(24)21-13-3-5-18(21)6-4-14-23/h7-12,18,23H,3-6,13-14H2,1-2H3. The summed E-state index contributed by atoms with van der Waals surface area (Å²) in [7, 11) is 0. The van der Waals surface area contributed by atoms with Crippen molar-refractivity contribution >= 4 is 5.91 Å². The van der Waals surface area contributed by atoms with Gasteiger partial charge in [0.25, 0.3) is 5.91 Å². The molecule has 4 heteroatoms. The molecule has 1 fully saturated rings. The molecule has 4 nitrogen and oxygen atoms in total. The van der Waals surface area contributed by atoms with E-state index < -0.39 is 0 Å². The van der Waals surface area contributed by atoms with Crippen molar-refractivity contribution in [3.05, 3.63) is 53.3 Å². The number of hydrogen-bond acceptors (Lipinski definition) is 2. The van der Waals surface area contributed by atoms with E-state index in [9.17, 15) is 4.79 Å². The fraction of sp³-hybridized carbons (Fsp3) is 0.450. The lowest BCUT2D eigenvalue weighted by Gasteiger charge is -2.24. The third-order valence-electron chi connectivity index (χ3n) is 4.98. The van der Waals surface area contributed by atoms with E-state index in [0.29, 0.717) is 0 Å². The van der Waals surface area contributed by atoms with Gasteiger partial charge in [0, 0.05) is 41.8 Å². The number of amides is 1. The Kier molecular flexibility index (Phi) is 5.05. The van der Waals surface area contributed by atoms with Crippen LogP contribution in [0.2, 0.25) is 0 Å². The highest BCUT2D eigenvalue weighted by Gasteiger charge is 2.28. The zero-order chi connectivity index (χ0) is 17.1. The third-order valence-corrected chi connectivity index (χ3v) is 4.98. The molecule has 2 heterocycles. The summed E-state index contributed by atoms with van der Waals surface area (Å²) in [4.78, 5) is 14.8. The predicted octanol–water partition coefficient (Wildman–Crippen LogP) is 3.47. The van der Waals surface area contributed by atoms with Crippen LogP contribution in [0.15, 0.2) is 36.4 Å². The summed E-state index contributed by atoms with van der Waals surface area (Å²) in [5.41, 5.74) is 4.22. The number of benzene rings is 1. The van der Waals surface area contributed by atoms with Crippen LogP contribution in [0, 0.1) is 13.8 Å². The van der Waals surface area contributed by atoms with E-state index in [4.69, 9.17) is 5.11 Å². The summed E-state index contributed by atoms with van der Waals surface area (Å²) in [6.45, 7) is 5.19. The van der Waals surface area contributed by atoms with E-state index in [-0.39, 0.29) is 18.6 Å². The van der Waals surface area contributed by atoms with E-state index in [2.05, 4.69) is 30.5 Å². The SMILES string of the molecule is Cc1ccc(C)n1-c1ccc(C(=O)N2CCCC2CCCO)cc1. The van der Waals surface area contributed by atoms with Crippen LogP contribution >= 0.6 is 0 Å². The van der Waals surface area contributed by atoms with Crippen LogP contribution in [0.4, 0.5) is 0 Å². The van der Waals surface area contributed by atoms with Gasteiger partial charge in [0.05, 0.1) is 0 Å². The maximum atomic E-state index is 12.8. The lowest BCUT2D eigenvalue weighted by molar-refractivity contribution is 0.0724. The van der Waals surface area contributed by atoms with Gasteiger partial charge in [-0.15, -0.1) is 0 Å². The van der Waals surface area contributed by atoms with Gasteiger partial charge in [-0.1, -0.05) is 0 Å². The van der Waals surface area contributed by atoms with Crippen molar-refractivity contribution < 1.29 is 9.90 Å². The molecule has 1 aliphatic heterocycles. The van der Waals surface area contributed by atoms with Gasteiger partial charge in [-0.05, 0) is 75.9 Å². The second kappa shape index (κ2) is 7.22. The lowest BCUT2D eigenvalue weighted by Crippen LogP contribution is -2.35. The Morgan fingerprint density at radius 2 is 1.79 bits per heavy atom. The molecule has 1 aromatic heterocycles. The Morgan fingerprint density at radius 1 is 1.12 bits per heavy atom. The smallest absolute Gasteiger partial charge is 0.254 e. The van der Waals surface area contributed by atoms with Crippen LogP contribution in [0.1, 0.15) is 47.4 Å². The molecule has 0 bridgehead atoms. The number of hydrogen-bond donors (Lipinski definition) is 1. The van der Waals surface area contributed by atoms with Crippen molar-refractivity contribution in [2.45, 2.75) is 45.6 Å². The van der Waals surface area contributed by atoms with Gasteiger partial charge >= 0.3 is 0 Å². The molecule has 0 radical (unpaired) electrons. The summed E-state index contributed by atoms with van der Waals surface area (Å²) in [6.07, 6.45) is 3.76. The van der Waals surface area contributed by atoms with Crippen LogP contribution in [-0.4, -0.2) is 39.7 Å². The average Bonchev–Trinajstić information content (AvgIpc) is 3.19. The number of aliphatic hydroxyl groups is 1. The molecule has 1 amide bonds. The second-order valence-corrected chi connectivity index (χ2v) is 6.66. The lowest BCUT2D eigenvalue weighted by atomic mass is 10.1. The Morgan fingerprint density at radius 3 is 2.42 bits per heavy atom. The van der Waals surface area contributed by atoms with Crippen molar-refractivity contribution in [3.8, 4) is 5.69 Å². The highest BCUT2D eigenvalue weighted by Crippen LogP contribution is 2.24. The fourth-order valence-corrected chi connectivity index (χ4v) is 3.72. The predicted molar refractivity (Wildman–Crippen MR) is 95.6 cm³/mol. The number of carbonyl (C=O) groups is 1. The second-order valence-electron chi connectivity index (χ2n) is 6.66. The first kappa shape index (κ1) is 16.8. The normalized spacial score (nSPS) is 17.5. The molecule has 2 aromatic rings. The summed E-state index contributed by atoms with van der Waals surface area (Å²) in [5, 5.41) is 9.03. The molecule has 1 aromatic carbocycles. The summed E-state index contributed by atoms with van der Waals surface area (Å²) < 4.78 is 2.19. The summed E-state index contributed by atoms with van der Waals surface area (Å²) >= 11 is 0. The Balaban J connectivity index is 1.77. The largest absolute Gasteiger partial charge is 0.396 e. The van der Waals surface area contributed by atoms with Gasteiger partial charge in [-0.3, -0.25) is 4.79 Å². The highest BCUT2D eigenvalue weighted by molar-refractivity contribution is 5.94. The topological polar surface area (TPSA) is 45.5 Å². The molecule has 24 heavy (non-hydrogen) atoms. The van der Waals surface area contributed by atoms with Crippen LogP contribution in [0.5, 0.6) is 0 Å². The van der Waals surface area contributed by atoms with Crippen molar-refractivity contribution in [1.82, 2.24) is 9.47 Å². The van der Waals surface area contributed by atoms with E-state index >= 15 is 0 Å². The molecule has 3 rings (SSSR count). The molecule has 1 N–H and O–H groups in total. The van der Waals surface area contributed by atoms with Gasteiger partial charge in [0.1, 0.15) is 0 Å². The van der Waals surface area contributed by atoms with Gasteiger partial charge in [-0.2, -0.15) is 0 Å². The van der Waals surface area contributed by atoms with Crippen LogP contribution < -0.4 is 0 Å². The molecular formula is C20H26N2O2. The molecular weight excluding hydrogens is 300 g/mol. The number of aryl methyl sites for hydroxylation is 2. The third kappa shape index (κ3) is 3.24. The Bertz CT molecular complexity index is 683. The summed E-state index contributed by atoms with van der Waals surface area (Å²) in [5.74, 6) is 0.114. The number of carbonyl (C=O) groups excluding carboxylic acids is 1. The molecule has 1 atom stereocenters. The van der Waals surface area contributed by atoms with Gasteiger partial charge in [0.15, 0.2) is 0 Å². The minimum absolute atomic E-state index is 0.114. The van der Waals surface area contributed by atoms with E-state index in [1.54, 1.807) is 0 Å². The number of nitrogens with zero attached hydrogens (tertiary/aromatic N) is 2. The zero-order valence-corrected chi connectivity index (χ0v) is 14.5. The molecule has 1 aliphatic rings.